The van der Waals surface area contributed by atoms with Gasteiger partial charge in [0, 0.05) is 38.6 Å². The Kier molecular flexibility index (Phi) is 8.00. The number of aromatic nitrogens is 1. The van der Waals surface area contributed by atoms with E-state index in [9.17, 15) is 9.59 Å². The van der Waals surface area contributed by atoms with Crippen LogP contribution < -0.4 is 0 Å². The fourth-order valence-corrected chi connectivity index (χ4v) is 5.31. The molecule has 2 amide bonds. The van der Waals surface area contributed by atoms with Crippen LogP contribution in [-0.2, 0) is 20.9 Å². The first-order valence-corrected chi connectivity index (χ1v) is 13.0. The summed E-state index contributed by atoms with van der Waals surface area (Å²) < 4.78 is 7.55. The number of hydrogen-bond acceptors (Lipinski definition) is 3. The lowest BCUT2D eigenvalue weighted by atomic mass is 9.90. The molecule has 0 aliphatic carbocycles. The third-order valence-electron chi connectivity index (χ3n) is 7.19. The second-order valence-electron chi connectivity index (χ2n) is 9.53. The Hall–Kier alpha value is -4.16. The van der Waals surface area contributed by atoms with Gasteiger partial charge in [-0.15, -0.1) is 0 Å². The van der Waals surface area contributed by atoms with Gasteiger partial charge in [-0.25, -0.2) is 0 Å². The minimum Gasteiger partial charge on any atom is -0.383 e. The van der Waals surface area contributed by atoms with Crippen molar-refractivity contribution in [1.29, 1.82) is 0 Å². The van der Waals surface area contributed by atoms with Gasteiger partial charge < -0.3 is 19.1 Å². The van der Waals surface area contributed by atoms with Crippen molar-refractivity contribution in [1.82, 2.24) is 14.4 Å². The minimum atomic E-state index is -0.509. The Morgan fingerprint density at radius 1 is 0.842 bits per heavy atom. The highest BCUT2D eigenvalue weighted by Gasteiger charge is 2.35. The molecule has 0 bridgehead atoms. The van der Waals surface area contributed by atoms with Gasteiger partial charge in [-0.05, 0) is 28.8 Å². The van der Waals surface area contributed by atoms with Crippen LogP contribution >= 0.6 is 0 Å². The van der Waals surface area contributed by atoms with E-state index in [-0.39, 0.29) is 24.4 Å². The van der Waals surface area contributed by atoms with Crippen molar-refractivity contribution in [2.75, 3.05) is 33.4 Å². The molecular weight excluding hydrogens is 474 g/mol. The van der Waals surface area contributed by atoms with Gasteiger partial charge in [0.25, 0.3) is 0 Å². The first-order valence-electron chi connectivity index (χ1n) is 13.0. The van der Waals surface area contributed by atoms with Crippen LogP contribution in [0.4, 0.5) is 0 Å². The SMILES string of the molecule is COCCN(CC(=O)N1CCn2cccc2C1c1ccccc1)C(=O)C(c1ccccc1)c1ccccc1. The van der Waals surface area contributed by atoms with E-state index in [0.29, 0.717) is 19.7 Å². The molecule has 0 radical (unpaired) electrons. The zero-order chi connectivity index (χ0) is 26.3. The molecule has 0 fully saturated rings. The quantitative estimate of drug-likeness (QED) is 0.329. The number of ether oxygens (including phenoxy) is 1. The maximum Gasteiger partial charge on any atom is 0.243 e. The van der Waals surface area contributed by atoms with Crippen molar-refractivity contribution in [2.24, 2.45) is 0 Å². The second kappa shape index (κ2) is 11.9. The van der Waals surface area contributed by atoms with Crippen molar-refractivity contribution < 1.29 is 14.3 Å². The topological polar surface area (TPSA) is 54.8 Å². The number of methoxy groups -OCH3 is 1. The predicted octanol–water partition coefficient (Wildman–Crippen LogP) is 4.73. The molecule has 4 aromatic rings. The highest BCUT2D eigenvalue weighted by atomic mass is 16.5. The summed E-state index contributed by atoms with van der Waals surface area (Å²) in [7, 11) is 1.61. The summed E-state index contributed by atoms with van der Waals surface area (Å²) in [5, 5.41) is 0. The maximum absolute atomic E-state index is 14.2. The molecule has 194 valence electrons. The van der Waals surface area contributed by atoms with E-state index in [1.165, 1.54) is 0 Å². The molecule has 1 aliphatic heterocycles. The lowest BCUT2D eigenvalue weighted by Crippen LogP contribution is -2.49. The van der Waals surface area contributed by atoms with Crippen molar-refractivity contribution >= 4 is 11.8 Å². The summed E-state index contributed by atoms with van der Waals surface area (Å²) >= 11 is 0. The van der Waals surface area contributed by atoms with Gasteiger partial charge in [-0.1, -0.05) is 91.0 Å². The Labute approximate surface area is 224 Å². The van der Waals surface area contributed by atoms with Gasteiger partial charge in [0.05, 0.1) is 25.1 Å². The Balaban J connectivity index is 1.45. The lowest BCUT2D eigenvalue weighted by Gasteiger charge is -2.39. The summed E-state index contributed by atoms with van der Waals surface area (Å²) in [5.41, 5.74) is 3.94. The van der Waals surface area contributed by atoms with Crippen LogP contribution in [-0.4, -0.2) is 59.5 Å². The van der Waals surface area contributed by atoms with Crippen LogP contribution in [0.15, 0.2) is 109 Å². The van der Waals surface area contributed by atoms with Gasteiger partial charge in [0.1, 0.15) is 0 Å². The molecule has 1 unspecified atom stereocenters. The molecule has 5 rings (SSSR count). The van der Waals surface area contributed by atoms with E-state index in [1.807, 2.05) is 89.8 Å². The number of rotatable bonds is 9. The molecule has 3 aromatic carbocycles. The summed E-state index contributed by atoms with van der Waals surface area (Å²) in [4.78, 5) is 31.7. The number of carbonyl (C=O) groups excluding carboxylic acids is 2. The lowest BCUT2D eigenvalue weighted by molar-refractivity contribution is -0.143. The van der Waals surface area contributed by atoms with E-state index in [4.69, 9.17) is 4.74 Å². The number of nitrogens with zero attached hydrogens (tertiary/aromatic N) is 3. The van der Waals surface area contributed by atoms with Gasteiger partial charge in [0.15, 0.2) is 0 Å². The highest BCUT2D eigenvalue weighted by molar-refractivity contribution is 5.91. The van der Waals surface area contributed by atoms with Crippen molar-refractivity contribution in [3.05, 3.63) is 132 Å². The molecule has 38 heavy (non-hydrogen) atoms. The standard InChI is InChI=1S/C32H33N3O3/c1-38-23-22-34(32(37)30(25-12-5-2-6-13-25)26-14-7-3-8-15-26)24-29(36)35-21-20-33-19-11-18-28(33)31(35)27-16-9-4-10-17-27/h2-19,30-31H,20-24H2,1H3. The third-order valence-corrected chi connectivity index (χ3v) is 7.19. The Morgan fingerprint density at radius 3 is 2.05 bits per heavy atom. The summed E-state index contributed by atoms with van der Waals surface area (Å²) in [5.74, 6) is -0.689. The Morgan fingerprint density at radius 2 is 1.45 bits per heavy atom. The van der Waals surface area contributed by atoms with Gasteiger partial charge in [-0.3, -0.25) is 9.59 Å². The molecule has 0 N–H and O–H groups in total. The van der Waals surface area contributed by atoms with Gasteiger partial charge in [0.2, 0.25) is 11.8 Å². The van der Waals surface area contributed by atoms with E-state index in [0.717, 1.165) is 28.9 Å². The average Bonchev–Trinajstić information content (AvgIpc) is 3.45. The van der Waals surface area contributed by atoms with Crippen LogP contribution in [0, 0.1) is 0 Å². The number of fused-ring (bicyclic) bond motifs is 1. The monoisotopic (exact) mass is 507 g/mol. The summed E-state index contributed by atoms with van der Waals surface area (Å²) in [6.07, 6.45) is 2.06. The molecule has 6 nitrogen and oxygen atoms in total. The number of carbonyl (C=O) groups is 2. The molecule has 0 saturated carbocycles. The number of benzene rings is 3. The maximum atomic E-state index is 14.2. The van der Waals surface area contributed by atoms with Crippen LogP contribution in [0.25, 0.3) is 0 Å². The second-order valence-corrected chi connectivity index (χ2v) is 9.53. The van der Waals surface area contributed by atoms with Crippen LogP contribution in [0.2, 0.25) is 0 Å². The molecule has 1 atom stereocenters. The van der Waals surface area contributed by atoms with Crippen molar-refractivity contribution in [3.8, 4) is 0 Å². The van der Waals surface area contributed by atoms with E-state index in [2.05, 4.69) is 29.0 Å². The zero-order valence-corrected chi connectivity index (χ0v) is 21.6. The normalized spacial score (nSPS) is 14.8. The number of amides is 2. The van der Waals surface area contributed by atoms with Crippen LogP contribution in [0.3, 0.4) is 0 Å². The first-order chi connectivity index (χ1) is 18.7. The largest absolute Gasteiger partial charge is 0.383 e. The summed E-state index contributed by atoms with van der Waals surface area (Å²) in [6, 6.07) is 33.5. The first kappa shape index (κ1) is 25.5. The predicted molar refractivity (Wildman–Crippen MR) is 148 cm³/mol. The van der Waals surface area contributed by atoms with Crippen LogP contribution in [0.5, 0.6) is 0 Å². The minimum absolute atomic E-state index is 0.0115. The van der Waals surface area contributed by atoms with Crippen molar-refractivity contribution in [2.45, 2.75) is 18.5 Å². The average molecular weight is 508 g/mol. The summed E-state index contributed by atoms with van der Waals surface area (Å²) in [6.45, 7) is 1.97. The smallest absolute Gasteiger partial charge is 0.243 e. The molecule has 1 aliphatic rings. The number of hydrogen-bond donors (Lipinski definition) is 0. The molecule has 6 heteroatoms. The molecule has 0 spiro atoms. The van der Waals surface area contributed by atoms with E-state index in [1.54, 1.807) is 12.0 Å². The van der Waals surface area contributed by atoms with E-state index < -0.39 is 5.92 Å². The fourth-order valence-electron chi connectivity index (χ4n) is 5.31. The molecule has 1 aromatic heterocycles. The molecule has 0 saturated heterocycles. The highest BCUT2D eigenvalue weighted by Crippen LogP contribution is 2.33. The Bertz CT molecular complexity index is 1300. The van der Waals surface area contributed by atoms with Gasteiger partial charge >= 0.3 is 0 Å². The fraction of sp³-hybridized carbons (Fsp3) is 0.250. The zero-order valence-electron chi connectivity index (χ0n) is 21.6. The molecule has 2 heterocycles. The third kappa shape index (κ3) is 5.41. The van der Waals surface area contributed by atoms with Crippen LogP contribution in [0.1, 0.15) is 34.3 Å². The van der Waals surface area contributed by atoms with Crippen molar-refractivity contribution in [3.63, 3.8) is 0 Å². The molecular formula is C32H33N3O3. The van der Waals surface area contributed by atoms with Gasteiger partial charge in [-0.2, -0.15) is 0 Å². The van der Waals surface area contributed by atoms with E-state index >= 15 is 0 Å².